The van der Waals surface area contributed by atoms with Crippen molar-refractivity contribution in [2.75, 3.05) is 11.9 Å². The van der Waals surface area contributed by atoms with Crippen molar-refractivity contribution in [2.24, 2.45) is 4.99 Å². The topological polar surface area (TPSA) is 99.1 Å². The summed E-state index contributed by atoms with van der Waals surface area (Å²) in [6, 6.07) is 12.7. The largest absolute Gasteiger partial charge is 0.478 e. The van der Waals surface area contributed by atoms with Crippen LogP contribution in [-0.2, 0) is 9.59 Å². The maximum atomic E-state index is 12.7. The van der Waals surface area contributed by atoms with E-state index in [1.807, 2.05) is 0 Å². The zero-order valence-corrected chi connectivity index (χ0v) is 17.3. The minimum absolute atomic E-state index is 0.00607. The number of carboxylic acids is 1. The molecule has 2 amide bonds. The third kappa shape index (κ3) is 5.28. The molecular weight excluding hydrogens is 426 g/mol. The van der Waals surface area contributed by atoms with E-state index in [9.17, 15) is 14.4 Å². The number of aliphatic imine (C=N–C) groups is 1. The first-order valence-electron chi connectivity index (χ1n) is 8.94. The lowest BCUT2D eigenvalue weighted by Crippen LogP contribution is -2.45. The van der Waals surface area contributed by atoms with Gasteiger partial charge >= 0.3 is 5.97 Å². The number of carbonyl (C=O) groups is 3. The molecule has 1 aliphatic rings. The standard InChI is InChI=1S/C21H18ClN3O4S/c1-2-10-25-18(26)12-17(30-21(25)24-16-5-3-4-14(22)11-16)19(27)23-15-8-6-13(7-9-15)20(28)29/h2-9,11,17H,1,10,12H2,(H,23,27)(H,28,29)/t17-/m0/s1. The predicted molar refractivity (Wildman–Crippen MR) is 118 cm³/mol. The van der Waals surface area contributed by atoms with Crippen molar-refractivity contribution in [1.29, 1.82) is 0 Å². The summed E-state index contributed by atoms with van der Waals surface area (Å²) in [5.41, 5.74) is 1.13. The van der Waals surface area contributed by atoms with Crippen LogP contribution >= 0.6 is 23.4 Å². The number of benzene rings is 2. The van der Waals surface area contributed by atoms with Crippen molar-refractivity contribution >= 4 is 57.7 Å². The van der Waals surface area contributed by atoms with Crippen molar-refractivity contribution in [2.45, 2.75) is 11.7 Å². The van der Waals surface area contributed by atoms with Gasteiger partial charge in [-0.3, -0.25) is 14.5 Å². The van der Waals surface area contributed by atoms with E-state index in [0.29, 0.717) is 21.6 Å². The predicted octanol–water partition coefficient (Wildman–Crippen LogP) is 4.18. The van der Waals surface area contributed by atoms with E-state index in [1.165, 1.54) is 40.9 Å². The number of hydrogen-bond acceptors (Lipinski definition) is 5. The molecule has 2 aromatic carbocycles. The van der Waals surface area contributed by atoms with Crippen LogP contribution in [0.1, 0.15) is 16.8 Å². The van der Waals surface area contributed by atoms with Gasteiger partial charge in [-0.1, -0.05) is 35.5 Å². The van der Waals surface area contributed by atoms with Crippen LogP contribution in [0.25, 0.3) is 0 Å². The molecule has 1 fully saturated rings. The second-order valence-corrected chi connectivity index (χ2v) is 7.96. The van der Waals surface area contributed by atoms with Crippen LogP contribution in [0.4, 0.5) is 11.4 Å². The van der Waals surface area contributed by atoms with Crippen LogP contribution < -0.4 is 5.32 Å². The maximum absolute atomic E-state index is 12.7. The summed E-state index contributed by atoms with van der Waals surface area (Å²) >= 11 is 7.19. The Balaban J connectivity index is 1.80. The lowest BCUT2D eigenvalue weighted by atomic mass is 10.2. The number of anilines is 1. The fraction of sp³-hybridized carbons (Fsp3) is 0.143. The second kappa shape index (κ2) is 9.60. The Kier molecular flexibility index (Phi) is 6.91. The van der Waals surface area contributed by atoms with E-state index < -0.39 is 11.2 Å². The minimum atomic E-state index is -1.05. The third-order valence-electron chi connectivity index (χ3n) is 4.18. The lowest BCUT2D eigenvalue weighted by molar-refractivity contribution is -0.129. The summed E-state index contributed by atoms with van der Waals surface area (Å²) in [5, 5.41) is 11.9. The highest BCUT2D eigenvalue weighted by molar-refractivity contribution is 8.15. The summed E-state index contributed by atoms with van der Waals surface area (Å²) in [6.07, 6.45) is 1.60. The van der Waals surface area contributed by atoms with E-state index in [-0.39, 0.29) is 30.3 Å². The van der Waals surface area contributed by atoms with E-state index in [0.717, 1.165) is 0 Å². The average Bonchev–Trinajstić information content (AvgIpc) is 2.70. The molecule has 2 N–H and O–H groups in total. The van der Waals surface area contributed by atoms with Gasteiger partial charge in [0.05, 0.1) is 11.3 Å². The molecule has 9 heteroatoms. The highest BCUT2D eigenvalue weighted by atomic mass is 35.5. The van der Waals surface area contributed by atoms with E-state index in [4.69, 9.17) is 16.7 Å². The molecule has 3 rings (SSSR count). The first-order valence-corrected chi connectivity index (χ1v) is 10.2. The van der Waals surface area contributed by atoms with Crippen molar-refractivity contribution in [3.63, 3.8) is 0 Å². The fourth-order valence-corrected chi connectivity index (χ4v) is 4.02. The first kappa shape index (κ1) is 21.6. The number of thioether (sulfide) groups is 1. The summed E-state index contributed by atoms with van der Waals surface area (Å²) in [4.78, 5) is 42.3. The number of amides is 2. The zero-order valence-electron chi connectivity index (χ0n) is 15.7. The molecule has 0 saturated carbocycles. The van der Waals surface area contributed by atoms with Crippen LogP contribution in [0.3, 0.4) is 0 Å². The second-order valence-electron chi connectivity index (χ2n) is 6.35. The maximum Gasteiger partial charge on any atom is 0.335 e. The highest BCUT2D eigenvalue weighted by Crippen LogP contribution is 2.30. The molecule has 7 nitrogen and oxygen atoms in total. The Morgan fingerprint density at radius 1 is 1.30 bits per heavy atom. The quantitative estimate of drug-likeness (QED) is 0.652. The van der Waals surface area contributed by atoms with Gasteiger partial charge in [0.25, 0.3) is 0 Å². The molecule has 1 atom stereocenters. The normalized spacial score (nSPS) is 17.6. The number of amidine groups is 1. The van der Waals surface area contributed by atoms with Gasteiger partial charge in [0.1, 0.15) is 5.25 Å². The molecule has 0 aromatic heterocycles. The molecule has 2 aromatic rings. The van der Waals surface area contributed by atoms with Crippen LogP contribution in [0.5, 0.6) is 0 Å². The minimum Gasteiger partial charge on any atom is -0.478 e. The number of rotatable bonds is 6. The molecule has 0 spiro atoms. The summed E-state index contributed by atoms with van der Waals surface area (Å²) in [6.45, 7) is 3.95. The molecular formula is C21H18ClN3O4S. The SMILES string of the molecule is C=CCN1C(=O)C[C@@H](C(=O)Nc2ccc(C(=O)O)cc2)SC1=Nc1cccc(Cl)c1. The summed E-state index contributed by atoms with van der Waals surface area (Å²) < 4.78 is 0. The van der Waals surface area contributed by atoms with E-state index in [2.05, 4.69) is 16.9 Å². The number of hydrogen-bond donors (Lipinski definition) is 2. The number of carbonyl (C=O) groups excluding carboxylic acids is 2. The number of nitrogens with zero attached hydrogens (tertiary/aromatic N) is 2. The molecule has 0 radical (unpaired) electrons. The van der Waals surface area contributed by atoms with Crippen LogP contribution in [0.15, 0.2) is 66.2 Å². The third-order valence-corrected chi connectivity index (χ3v) is 5.60. The van der Waals surface area contributed by atoms with Crippen molar-refractivity contribution in [3.8, 4) is 0 Å². The van der Waals surface area contributed by atoms with Crippen LogP contribution in [0, 0.1) is 0 Å². The van der Waals surface area contributed by atoms with Gasteiger partial charge in [0.2, 0.25) is 11.8 Å². The first-order chi connectivity index (χ1) is 14.4. The van der Waals surface area contributed by atoms with Gasteiger partial charge in [-0.15, -0.1) is 6.58 Å². The Hall–Kier alpha value is -3.10. The Morgan fingerprint density at radius 2 is 2.03 bits per heavy atom. The van der Waals surface area contributed by atoms with Gasteiger partial charge in [0, 0.05) is 23.7 Å². The van der Waals surface area contributed by atoms with E-state index in [1.54, 1.807) is 30.3 Å². The van der Waals surface area contributed by atoms with Crippen molar-refractivity contribution < 1.29 is 19.5 Å². The monoisotopic (exact) mass is 443 g/mol. The number of aromatic carboxylic acids is 1. The van der Waals surface area contributed by atoms with Crippen LogP contribution in [-0.4, -0.2) is 44.8 Å². The zero-order chi connectivity index (χ0) is 21.7. The summed E-state index contributed by atoms with van der Waals surface area (Å²) in [7, 11) is 0. The Labute approximate surface area is 182 Å². The molecule has 0 bridgehead atoms. The molecule has 1 aliphatic heterocycles. The van der Waals surface area contributed by atoms with Gasteiger partial charge in [0.15, 0.2) is 5.17 Å². The average molecular weight is 444 g/mol. The van der Waals surface area contributed by atoms with E-state index >= 15 is 0 Å². The molecule has 154 valence electrons. The highest BCUT2D eigenvalue weighted by Gasteiger charge is 2.35. The van der Waals surface area contributed by atoms with Crippen molar-refractivity contribution in [1.82, 2.24) is 4.90 Å². The lowest BCUT2D eigenvalue weighted by Gasteiger charge is -2.31. The van der Waals surface area contributed by atoms with Gasteiger partial charge in [-0.05, 0) is 42.5 Å². The van der Waals surface area contributed by atoms with Gasteiger partial charge in [-0.25, -0.2) is 9.79 Å². The van der Waals surface area contributed by atoms with Gasteiger partial charge in [-0.2, -0.15) is 0 Å². The molecule has 1 saturated heterocycles. The molecule has 0 unspecified atom stereocenters. The summed E-state index contributed by atoms with van der Waals surface area (Å²) in [5.74, 6) is -1.66. The Morgan fingerprint density at radius 3 is 2.67 bits per heavy atom. The smallest absolute Gasteiger partial charge is 0.335 e. The Bertz CT molecular complexity index is 1020. The molecule has 1 heterocycles. The molecule has 30 heavy (non-hydrogen) atoms. The van der Waals surface area contributed by atoms with Gasteiger partial charge < -0.3 is 10.4 Å². The van der Waals surface area contributed by atoms with Crippen molar-refractivity contribution in [3.05, 3.63) is 71.8 Å². The fourth-order valence-electron chi connectivity index (χ4n) is 2.72. The number of halogens is 1. The number of nitrogens with one attached hydrogen (secondary N) is 1. The molecule has 0 aliphatic carbocycles. The number of carboxylic acid groups (broad SMARTS) is 1. The van der Waals surface area contributed by atoms with Crippen LogP contribution in [0.2, 0.25) is 5.02 Å².